The molecule has 0 aliphatic carbocycles. The topological polar surface area (TPSA) is 25.8 Å². The fourth-order valence-corrected chi connectivity index (χ4v) is 1.45. The van der Waals surface area contributed by atoms with Crippen LogP contribution >= 0.6 is 11.6 Å². The molecule has 1 heterocycles. The van der Waals surface area contributed by atoms with Crippen molar-refractivity contribution in [2.24, 2.45) is 0 Å². The lowest BCUT2D eigenvalue weighted by Crippen LogP contribution is -1.97. The van der Waals surface area contributed by atoms with Gasteiger partial charge < -0.3 is 0 Å². The van der Waals surface area contributed by atoms with E-state index in [0.717, 1.165) is 36.7 Å². The molecular formula is C10H15ClN2. The van der Waals surface area contributed by atoms with Gasteiger partial charge in [-0.15, -0.1) is 11.6 Å². The fraction of sp³-hybridized carbons (Fsp3) is 0.600. The minimum Gasteiger partial charge on any atom is -0.241 e. The first-order valence-corrected chi connectivity index (χ1v) is 5.12. The van der Waals surface area contributed by atoms with Crippen molar-refractivity contribution < 1.29 is 0 Å². The molecule has 0 aromatic carbocycles. The van der Waals surface area contributed by atoms with E-state index in [2.05, 4.69) is 9.97 Å². The maximum absolute atomic E-state index is 5.60. The summed E-state index contributed by atoms with van der Waals surface area (Å²) >= 11 is 5.60. The van der Waals surface area contributed by atoms with Crippen molar-refractivity contribution in [2.45, 2.75) is 33.1 Å². The van der Waals surface area contributed by atoms with Crippen LogP contribution in [0, 0.1) is 13.8 Å². The van der Waals surface area contributed by atoms with Gasteiger partial charge >= 0.3 is 0 Å². The molecule has 0 atom stereocenters. The lowest BCUT2D eigenvalue weighted by molar-refractivity contribution is 0.781. The fourth-order valence-electron chi connectivity index (χ4n) is 1.26. The van der Waals surface area contributed by atoms with Crippen LogP contribution in [0.3, 0.4) is 0 Å². The van der Waals surface area contributed by atoms with Gasteiger partial charge in [0.15, 0.2) is 0 Å². The number of unbranched alkanes of at least 4 members (excludes halogenated alkanes) is 1. The number of hydrogen-bond donors (Lipinski definition) is 0. The number of aromatic nitrogens is 2. The molecule has 1 aromatic rings. The van der Waals surface area contributed by atoms with Crippen molar-refractivity contribution in [1.82, 2.24) is 9.97 Å². The second-order valence-corrected chi connectivity index (χ2v) is 3.55. The summed E-state index contributed by atoms with van der Waals surface area (Å²) < 4.78 is 0. The highest BCUT2D eigenvalue weighted by molar-refractivity contribution is 6.17. The van der Waals surface area contributed by atoms with E-state index in [4.69, 9.17) is 11.6 Å². The Morgan fingerprint density at radius 1 is 1.31 bits per heavy atom. The second kappa shape index (κ2) is 5.18. The zero-order chi connectivity index (χ0) is 9.68. The van der Waals surface area contributed by atoms with E-state index >= 15 is 0 Å². The zero-order valence-corrected chi connectivity index (χ0v) is 8.93. The number of hydrogen-bond acceptors (Lipinski definition) is 2. The first-order valence-electron chi connectivity index (χ1n) is 4.59. The van der Waals surface area contributed by atoms with E-state index in [-0.39, 0.29) is 0 Å². The van der Waals surface area contributed by atoms with Crippen molar-refractivity contribution in [3.63, 3.8) is 0 Å². The predicted molar refractivity (Wildman–Crippen MR) is 55.2 cm³/mol. The van der Waals surface area contributed by atoms with Crippen LogP contribution in [0.4, 0.5) is 0 Å². The number of rotatable bonds is 4. The molecular weight excluding hydrogens is 184 g/mol. The summed E-state index contributed by atoms with van der Waals surface area (Å²) in [5, 5.41) is 0. The molecule has 72 valence electrons. The number of aryl methyl sites for hydroxylation is 3. The highest BCUT2D eigenvalue weighted by atomic mass is 35.5. The molecule has 0 N–H and O–H groups in total. The van der Waals surface area contributed by atoms with Gasteiger partial charge in [-0.3, -0.25) is 0 Å². The molecule has 0 radical (unpaired) electrons. The van der Waals surface area contributed by atoms with E-state index in [1.165, 1.54) is 5.56 Å². The van der Waals surface area contributed by atoms with Crippen LogP contribution in [-0.2, 0) is 6.42 Å². The summed E-state index contributed by atoms with van der Waals surface area (Å²) in [6, 6.07) is 0. The molecule has 0 unspecified atom stereocenters. The Morgan fingerprint density at radius 2 is 2.08 bits per heavy atom. The van der Waals surface area contributed by atoms with Crippen LogP contribution in [0.2, 0.25) is 0 Å². The summed E-state index contributed by atoms with van der Waals surface area (Å²) in [6.45, 7) is 3.94. The van der Waals surface area contributed by atoms with Gasteiger partial charge in [-0.1, -0.05) is 0 Å². The minimum atomic E-state index is 0.742. The Balaban J connectivity index is 2.56. The Hall–Kier alpha value is -0.630. The van der Waals surface area contributed by atoms with Gasteiger partial charge in [0, 0.05) is 17.8 Å². The van der Waals surface area contributed by atoms with Gasteiger partial charge in [0.25, 0.3) is 0 Å². The number of halogens is 1. The third kappa shape index (κ3) is 3.31. The lowest BCUT2D eigenvalue weighted by atomic mass is 10.1. The third-order valence-corrected chi connectivity index (χ3v) is 2.30. The summed E-state index contributed by atoms with van der Waals surface area (Å²) in [5.41, 5.74) is 2.35. The van der Waals surface area contributed by atoms with Gasteiger partial charge in [0.2, 0.25) is 0 Å². The Labute approximate surface area is 84.4 Å². The van der Waals surface area contributed by atoms with E-state index in [1.54, 1.807) is 0 Å². The average molecular weight is 199 g/mol. The molecule has 3 heteroatoms. The van der Waals surface area contributed by atoms with E-state index < -0.39 is 0 Å². The van der Waals surface area contributed by atoms with E-state index in [9.17, 15) is 0 Å². The van der Waals surface area contributed by atoms with Crippen molar-refractivity contribution in [1.29, 1.82) is 0 Å². The van der Waals surface area contributed by atoms with Gasteiger partial charge in [0.1, 0.15) is 5.82 Å². The molecule has 2 nitrogen and oxygen atoms in total. The molecule has 0 saturated heterocycles. The monoisotopic (exact) mass is 198 g/mol. The van der Waals surface area contributed by atoms with E-state index in [1.807, 2.05) is 20.0 Å². The maximum Gasteiger partial charge on any atom is 0.125 e. The molecule has 0 spiro atoms. The minimum absolute atomic E-state index is 0.742. The number of alkyl halides is 1. The van der Waals surface area contributed by atoms with Crippen molar-refractivity contribution >= 4 is 11.6 Å². The molecule has 0 aliphatic heterocycles. The van der Waals surface area contributed by atoms with Crippen molar-refractivity contribution in [3.05, 3.63) is 23.3 Å². The van der Waals surface area contributed by atoms with Gasteiger partial charge in [-0.2, -0.15) is 0 Å². The highest BCUT2D eigenvalue weighted by Gasteiger charge is 2.00. The summed E-state index contributed by atoms with van der Waals surface area (Å²) in [6.07, 6.45) is 5.15. The smallest absolute Gasteiger partial charge is 0.125 e. The molecule has 0 bridgehead atoms. The van der Waals surface area contributed by atoms with Crippen LogP contribution < -0.4 is 0 Å². The second-order valence-electron chi connectivity index (χ2n) is 3.17. The van der Waals surface area contributed by atoms with Gasteiger partial charge in [-0.25, -0.2) is 9.97 Å². The third-order valence-electron chi connectivity index (χ3n) is 2.03. The average Bonchev–Trinajstić information content (AvgIpc) is 2.09. The van der Waals surface area contributed by atoms with Crippen LogP contribution in [0.25, 0.3) is 0 Å². The summed E-state index contributed by atoms with van der Waals surface area (Å²) in [4.78, 5) is 8.48. The van der Waals surface area contributed by atoms with Crippen LogP contribution in [0.1, 0.15) is 29.9 Å². The van der Waals surface area contributed by atoms with Crippen LogP contribution in [0.5, 0.6) is 0 Å². The maximum atomic E-state index is 5.60. The Bertz CT molecular complexity index is 274. The first-order chi connectivity index (χ1) is 6.24. The molecule has 13 heavy (non-hydrogen) atoms. The largest absolute Gasteiger partial charge is 0.241 e. The highest BCUT2D eigenvalue weighted by Crippen LogP contribution is 2.08. The quantitative estimate of drug-likeness (QED) is 0.549. The molecule has 0 aliphatic rings. The van der Waals surface area contributed by atoms with Crippen molar-refractivity contribution in [3.8, 4) is 0 Å². The first kappa shape index (κ1) is 10.5. The van der Waals surface area contributed by atoms with Crippen molar-refractivity contribution in [2.75, 3.05) is 5.88 Å². The summed E-state index contributed by atoms with van der Waals surface area (Å²) in [7, 11) is 0. The molecule has 0 amide bonds. The SMILES string of the molecule is Cc1ncc(CCCCCl)c(C)n1. The van der Waals surface area contributed by atoms with Crippen LogP contribution in [0.15, 0.2) is 6.20 Å². The standard InChI is InChI=1S/C10H15ClN2/c1-8-10(5-3-4-6-11)7-12-9(2)13-8/h7H,3-6H2,1-2H3. The molecule has 1 rings (SSSR count). The normalized spacial score (nSPS) is 10.4. The van der Waals surface area contributed by atoms with Gasteiger partial charge in [-0.05, 0) is 38.7 Å². The van der Waals surface area contributed by atoms with E-state index in [0.29, 0.717) is 0 Å². The zero-order valence-electron chi connectivity index (χ0n) is 8.18. The Kier molecular flexibility index (Phi) is 4.16. The lowest BCUT2D eigenvalue weighted by Gasteiger charge is -2.03. The molecule has 0 saturated carbocycles. The van der Waals surface area contributed by atoms with Crippen LogP contribution in [-0.4, -0.2) is 15.8 Å². The molecule has 0 fully saturated rings. The molecule has 1 aromatic heterocycles. The Morgan fingerprint density at radius 3 is 2.69 bits per heavy atom. The van der Waals surface area contributed by atoms with Gasteiger partial charge in [0.05, 0.1) is 0 Å². The predicted octanol–water partition coefficient (Wildman–Crippen LogP) is 2.65. The number of nitrogens with zero attached hydrogens (tertiary/aromatic N) is 2. The summed E-state index contributed by atoms with van der Waals surface area (Å²) in [5.74, 6) is 1.59.